The van der Waals surface area contributed by atoms with Gasteiger partial charge in [-0.2, -0.15) is 0 Å². The Morgan fingerprint density at radius 3 is 2.36 bits per heavy atom. The first-order valence-electron chi connectivity index (χ1n) is 8.41. The van der Waals surface area contributed by atoms with Crippen molar-refractivity contribution < 1.29 is 29.0 Å². The van der Waals surface area contributed by atoms with Gasteiger partial charge in [-0.15, -0.1) is 0 Å². The van der Waals surface area contributed by atoms with Crippen LogP contribution in [0.3, 0.4) is 0 Å². The van der Waals surface area contributed by atoms with Crippen molar-refractivity contribution in [2.75, 3.05) is 19.8 Å². The lowest BCUT2D eigenvalue weighted by Gasteiger charge is -2.13. The van der Waals surface area contributed by atoms with Crippen molar-refractivity contribution >= 4 is 35.0 Å². The maximum atomic E-state index is 12.5. The summed E-state index contributed by atoms with van der Waals surface area (Å²) in [7, 11) is 0. The molecule has 1 fully saturated rings. The number of carbonyl (C=O) groups is 3. The number of benzene rings is 2. The third-order valence-electron chi connectivity index (χ3n) is 3.74. The van der Waals surface area contributed by atoms with Crippen molar-refractivity contribution in [2.45, 2.75) is 0 Å². The third-order valence-corrected chi connectivity index (χ3v) is 4.65. The van der Waals surface area contributed by atoms with E-state index in [1.807, 2.05) is 18.2 Å². The van der Waals surface area contributed by atoms with E-state index in [1.54, 1.807) is 42.5 Å². The number of thioether (sulfide) groups is 1. The molecule has 1 saturated heterocycles. The maximum absolute atomic E-state index is 12.5. The number of nitrogens with zero attached hydrogens (tertiary/aromatic N) is 1. The number of carboxylic acid groups (broad SMARTS) is 1. The predicted octanol–water partition coefficient (Wildman–Crippen LogP) is 3.27. The average molecular weight is 399 g/mol. The number of aliphatic carboxylic acids is 1. The molecule has 0 saturated carbocycles. The smallest absolute Gasteiger partial charge is 0.341 e. The van der Waals surface area contributed by atoms with Crippen molar-refractivity contribution in [3.05, 3.63) is 65.1 Å². The van der Waals surface area contributed by atoms with Crippen molar-refractivity contribution in [3.63, 3.8) is 0 Å². The molecule has 2 aromatic carbocycles. The highest BCUT2D eigenvalue weighted by atomic mass is 32.2. The monoisotopic (exact) mass is 399 g/mol. The Kier molecular flexibility index (Phi) is 6.33. The molecule has 28 heavy (non-hydrogen) atoms. The van der Waals surface area contributed by atoms with Crippen LogP contribution in [0.1, 0.15) is 5.56 Å². The van der Waals surface area contributed by atoms with Gasteiger partial charge in [0.15, 0.2) is 6.61 Å². The zero-order valence-electron chi connectivity index (χ0n) is 14.7. The molecule has 3 rings (SSSR count). The summed E-state index contributed by atoms with van der Waals surface area (Å²) in [6.07, 6.45) is 1.62. The van der Waals surface area contributed by atoms with Crippen LogP contribution in [0.5, 0.6) is 11.5 Å². The highest BCUT2D eigenvalue weighted by molar-refractivity contribution is 8.18. The second-order valence-electron chi connectivity index (χ2n) is 5.75. The Morgan fingerprint density at radius 2 is 1.68 bits per heavy atom. The molecule has 144 valence electrons. The van der Waals surface area contributed by atoms with Gasteiger partial charge in [-0.3, -0.25) is 14.5 Å². The van der Waals surface area contributed by atoms with E-state index in [2.05, 4.69) is 0 Å². The quantitative estimate of drug-likeness (QED) is 0.681. The van der Waals surface area contributed by atoms with Gasteiger partial charge in [0.2, 0.25) is 0 Å². The molecule has 7 nitrogen and oxygen atoms in total. The number of para-hydroxylation sites is 1. The zero-order valence-corrected chi connectivity index (χ0v) is 15.6. The fourth-order valence-corrected chi connectivity index (χ4v) is 3.29. The molecule has 0 bridgehead atoms. The number of ether oxygens (including phenoxy) is 2. The summed E-state index contributed by atoms with van der Waals surface area (Å²) >= 11 is 0.875. The maximum Gasteiger partial charge on any atom is 0.341 e. The van der Waals surface area contributed by atoms with E-state index in [1.165, 1.54) is 0 Å². The molecular weight excluding hydrogens is 382 g/mol. The average Bonchev–Trinajstić information content (AvgIpc) is 2.95. The summed E-state index contributed by atoms with van der Waals surface area (Å²) in [6, 6.07) is 15.7. The summed E-state index contributed by atoms with van der Waals surface area (Å²) in [4.78, 5) is 36.6. The molecule has 2 amide bonds. The van der Waals surface area contributed by atoms with E-state index in [-0.39, 0.29) is 24.3 Å². The molecule has 0 spiro atoms. The Morgan fingerprint density at radius 1 is 1.00 bits per heavy atom. The van der Waals surface area contributed by atoms with Gasteiger partial charge in [0.05, 0.1) is 11.4 Å². The molecular formula is C20H17NO6S. The van der Waals surface area contributed by atoms with Crippen molar-refractivity contribution in [3.8, 4) is 11.5 Å². The Balaban J connectivity index is 1.58. The van der Waals surface area contributed by atoms with E-state index < -0.39 is 12.6 Å². The van der Waals surface area contributed by atoms with Gasteiger partial charge in [0.25, 0.3) is 11.1 Å². The number of carbonyl (C=O) groups excluding carboxylic acids is 2. The molecule has 1 aliphatic heterocycles. The first-order chi connectivity index (χ1) is 13.5. The topological polar surface area (TPSA) is 93.1 Å². The lowest BCUT2D eigenvalue weighted by molar-refractivity contribution is -0.139. The largest absolute Gasteiger partial charge is 0.492 e. The number of carboxylic acids is 1. The van der Waals surface area contributed by atoms with Gasteiger partial charge in [-0.1, -0.05) is 30.3 Å². The Labute approximate surface area is 165 Å². The van der Waals surface area contributed by atoms with Crippen molar-refractivity contribution in [1.82, 2.24) is 4.90 Å². The Bertz CT molecular complexity index is 895. The van der Waals surface area contributed by atoms with E-state index in [0.29, 0.717) is 22.0 Å². The van der Waals surface area contributed by atoms with Crippen LogP contribution in [-0.2, 0) is 9.59 Å². The summed E-state index contributed by atoms with van der Waals surface area (Å²) in [5.41, 5.74) is 0.703. The number of amides is 2. The molecule has 0 radical (unpaired) electrons. The van der Waals surface area contributed by atoms with Crippen LogP contribution in [0, 0.1) is 0 Å². The molecule has 1 aliphatic rings. The summed E-state index contributed by atoms with van der Waals surface area (Å²) in [5, 5.41) is 8.27. The zero-order chi connectivity index (χ0) is 19.9. The molecule has 0 aromatic heterocycles. The number of hydrogen-bond donors (Lipinski definition) is 1. The van der Waals surface area contributed by atoms with E-state index in [0.717, 1.165) is 16.7 Å². The standard InChI is InChI=1S/C20H17NO6S/c22-18(23)13-27-16-8-6-14(7-9-16)12-17-19(24)21(20(25)28-17)10-11-26-15-4-2-1-3-5-15/h1-9,12H,10-11,13H2,(H,22,23)/b17-12-. The molecule has 0 atom stereocenters. The molecule has 2 aromatic rings. The van der Waals surface area contributed by atoms with Gasteiger partial charge in [0.1, 0.15) is 18.1 Å². The SMILES string of the molecule is O=C(O)COc1ccc(/C=C2\SC(=O)N(CCOc3ccccc3)C2=O)cc1. The summed E-state index contributed by atoms with van der Waals surface area (Å²) in [5.74, 6) is -0.340. The molecule has 0 unspecified atom stereocenters. The molecule has 1 N–H and O–H groups in total. The minimum atomic E-state index is -1.06. The van der Waals surface area contributed by atoms with Gasteiger partial charge in [-0.25, -0.2) is 4.79 Å². The molecule has 1 heterocycles. The Hall–Kier alpha value is -3.26. The lowest BCUT2D eigenvalue weighted by atomic mass is 10.2. The van der Waals surface area contributed by atoms with Gasteiger partial charge < -0.3 is 14.6 Å². The fourth-order valence-electron chi connectivity index (χ4n) is 2.42. The van der Waals surface area contributed by atoms with Gasteiger partial charge in [-0.05, 0) is 47.7 Å². The van der Waals surface area contributed by atoms with Crippen LogP contribution in [0.4, 0.5) is 4.79 Å². The van der Waals surface area contributed by atoms with Crippen LogP contribution in [0.2, 0.25) is 0 Å². The van der Waals surface area contributed by atoms with Crippen LogP contribution in [-0.4, -0.2) is 46.9 Å². The number of imide groups is 1. The van der Waals surface area contributed by atoms with Crippen LogP contribution in [0.25, 0.3) is 6.08 Å². The molecule has 0 aliphatic carbocycles. The number of hydrogen-bond acceptors (Lipinski definition) is 6. The van der Waals surface area contributed by atoms with Gasteiger partial charge >= 0.3 is 5.97 Å². The first-order valence-corrected chi connectivity index (χ1v) is 9.22. The second kappa shape index (κ2) is 9.09. The highest BCUT2D eigenvalue weighted by Crippen LogP contribution is 2.32. The first kappa shape index (κ1) is 19.5. The van der Waals surface area contributed by atoms with E-state index in [4.69, 9.17) is 14.6 Å². The minimum absolute atomic E-state index is 0.166. The van der Waals surface area contributed by atoms with Crippen molar-refractivity contribution in [1.29, 1.82) is 0 Å². The minimum Gasteiger partial charge on any atom is -0.492 e. The van der Waals surface area contributed by atoms with E-state index in [9.17, 15) is 14.4 Å². The predicted molar refractivity (Wildman–Crippen MR) is 104 cm³/mol. The summed E-state index contributed by atoms with van der Waals surface area (Å²) < 4.78 is 10.6. The normalized spacial score (nSPS) is 15.1. The lowest BCUT2D eigenvalue weighted by Crippen LogP contribution is -2.32. The molecule has 8 heteroatoms. The van der Waals surface area contributed by atoms with Gasteiger partial charge in [0, 0.05) is 0 Å². The van der Waals surface area contributed by atoms with Crippen LogP contribution in [0.15, 0.2) is 59.5 Å². The van der Waals surface area contributed by atoms with Crippen molar-refractivity contribution in [2.24, 2.45) is 0 Å². The second-order valence-corrected chi connectivity index (χ2v) is 6.74. The summed E-state index contributed by atoms with van der Waals surface area (Å²) in [6.45, 7) is -0.0485. The highest BCUT2D eigenvalue weighted by Gasteiger charge is 2.34. The fraction of sp³-hybridized carbons (Fsp3) is 0.150. The van der Waals surface area contributed by atoms with Crippen LogP contribution < -0.4 is 9.47 Å². The number of rotatable bonds is 8. The van der Waals surface area contributed by atoms with E-state index >= 15 is 0 Å². The third kappa shape index (κ3) is 5.14. The van der Waals surface area contributed by atoms with Crippen LogP contribution >= 0.6 is 11.8 Å².